The van der Waals surface area contributed by atoms with Gasteiger partial charge in [-0.3, -0.25) is 4.79 Å². The van der Waals surface area contributed by atoms with Crippen LogP contribution in [-0.4, -0.2) is 24.6 Å². The molecule has 0 radical (unpaired) electrons. The van der Waals surface area contributed by atoms with Gasteiger partial charge < -0.3 is 20.1 Å². The van der Waals surface area contributed by atoms with E-state index >= 15 is 0 Å². The molecular formula is C22H23N3O3. The number of benzene rings is 2. The number of pyridine rings is 1. The maximum atomic E-state index is 12.3. The SMILES string of the molecule is CCOc1ccccc1Nc1ccc(C(=O)NCc2ccc(OC)cc2)nc1. The molecule has 0 spiro atoms. The van der Waals surface area contributed by atoms with Crippen LogP contribution in [0, 0.1) is 0 Å². The van der Waals surface area contributed by atoms with Crippen LogP contribution in [0.1, 0.15) is 23.0 Å². The number of nitrogens with one attached hydrogen (secondary N) is 2. The third kappa shape index (κ3) is 5.01. The third-order valence-corrected chi connectivity index (χ3v) is 4.07. The van der Waals surface area contributed by atoms with Crippen LogP contribution in [0.15, 0.2) is 66.9 Å². The minimum atomic E-state index is -0.225. The predicted molar refractivity (Wildman–Crippen MR) is 109 cm³/mol. The summed E-state index contributed by atoms with van der Waals surface area (Å²) in [6.07, 6.45) is 1.63. The first-order chi connectivity index (χ1) is 13.7. The molecule has 28 heavy (non-hydrogen) atoms. The third-order valence-electron chi connectivity index (χ3n) is 4.07. The Morgan fingerprint density at radius 3 is 2.50 bits per heavy atom. The van der Waals surface area contributed by atoms with Gasteiger partial charge in [-0.2, -0.15) is 0 Å². The van der Waals surface area contributed by atoms with Crippen molar-refractivity contribution in [3.05, 3.63) is 78.1 Å². The highest BCUT2D eigenvalue weighted by molar-refractivity contribution is 5.92. The largest absolute Gasteiger partial charge is 0.497 e. The van der Waals surface area contributed by atoms with Gasteiger partial charge in [0.05, 0.1) is 31.3 Å². The Kier molecular flexibility index (Phi) is 6.46. The number of hydrogen-bond donors (Lipinski definition) is 2. The van der Waals surface area contributed by atoms with Crippen LogP contribution in [0.2, 0.25) is 0 Å². The lowest BCUT2D eigenvalue weighted by Gasteiger charge is -2.12. The maximum Gasteiger partial charge on any atom is 0.270 e. The normalized spacial score (nSPS) is 10.2. The topological polar surface area (TPSA) is 72.5 Å². The number of ether oxygens (including phenoxy) is 2. The average Bonchev–Trinajstić information content (AvgIpc) is 2.74. The van der Waals surface area contributed by atoms with Crippen molar-refractivity contribution >= 4 is 17.3 Å². The second-order valence-corrected chi connectivity index (χ2v) is 6.02. The van der Waals surface area contributed by atoms with Crippen molar-refractivity contribution in [2.45, 2.75) is 13.5 Å². The fraction of sp³-hybridized carbons (Fsp3) is 0.182. The van der Waals surface area contributed by atoms with Crippen molar-refractivity contribution < 1.29 is 14.3 Å². The van der Waals surface area contributed by atoms with Crippen LogP contribution in [0.25, 0.3) is 0 Å². The highest BCUT2D eigenvalue weighted by Gasteiger charge is 2.08. The number of rotatable bonds is 8. The molecule has 0 unspecified atom stereocenters. The van der Waals surface area contributed by atoms with Crippen LogP contribution >= 0.6 is 0 Å². The van der Waals surface area contributed by atoms with Gasteiger partial charge in [-0.05, 0) is 48.9 Å². The monoisotopic (exact) mass is 377 g/mol. The van der Waals surface area contributed by atoms with Gasteiger partial charge in [0, 0.05) is 6.54 Å². The zero-order valence-electron chi connectivity index (χ0n) is 15.9. The minimum Gasteiger partial charge on any atom is -0.497 e. The molecule has 1 aromatic heterocycles. The number of aromatic nitrogens is 1. The Balaban J connectivity index is 1.59. The number of para-hydroxylation sites is 2. The molecule has 0 bridgehead atoms. The van der Waals surface area contributed by atoms with Gasteiger partial charge in [-0.1, -0.05) is 24.3 Å². The molecule has 3 rings (SSSR count). The molecule has 0 aliphatic rings. The first-order valence-corrected chi connectivity index (χ1v) is 9.05. The summed E-state index contributed by atoms with van der Waals surface area (Å²) in [5.74, 6) is 1.33. The zero-order valence-corrected chi connectivity index (χ0v) is 15.9. The predicted octanol–water partition coefficient (Wildman–Crippen LogP) is 4.16. The van der Waals surface area contributed by atoms with Gasteiger partial charge in [-0.15, -0.1) is 0 Å². The fourth-order valence-electron chi connectivity index (χ4n) is 2.63. The molecule has 6 nitrogen and oxygen atoms in total. The molecule has 0 atom stereocenters. The van der Waals surface area contributed by atoms with E-state index in [1.807, 2.05) is 61.5 Å². The highest BCUT2D eigenvalue weighted by atomic mass is 16.5. The van der Waals surface area contributed by atoms with Crippen molar-refractivity contribution in [1.82, 2.24) is 10.3 Å². The van der Waals surface area contributed by atoms with Crippen LogP contribution in [0.5, 0.6) is 11.5 Å². The first-order valence-electron chi connectivity index (χ1n) is 9.05. The smallest absolute Gasteiger partial charge is 0.270 e. The molecule has 2 N–H and O–H groups in total. The Hall–Kier alpha value is -3.54. The van der Waals surface area contributed by atoms with E-state index in [0.717, 1.165) is 28.4 Å². The van der Waals surface area contributed by atoms with E-state index in [4.69, 9.17) is 9.47 Å². The van der Waals surface area contributed by atoms with E-state index in [1.165, 1.54) is 0 Å². The zero-order chi connectivity index (χ0) is 19.8. The average molecular weight is 377 g/mol. The van der Waals surface area contributed by atoms with E-state index in [1.54, 1.807) is 19.4 Å². The van der Waals surface area contributed by atoms with E-state index < -0.39 is 0 Å². The van der Waals surface area contributed by atoms with Crippen LogP contribution < -0.4 is 20.1 Å². The van der Waals surface area contributed by atoms with Gasteiger partial charge in [-0.25, -0.2) is 4.98 Å². The second kappa shape index (κ2) is 9.41. The summed E-state index contributed by atoms with van der Waals surface area (Å²) < 4.78 is 10.7. The number of nitrogens with zero attached hydrogens (tertiary/aromatic N) is 1. The summed E-state index contributed by atoms with van der Waals surface area (Å²) in [6, 6.07) is 18.7. The fourth-order valence-corrected chi connectivity index (χ4v) is 2.63. The molecule has 0 aliphatic carbocycles. The lowest BCUT2D eigenvalue weighted by Crippen LogP contribution is -2.23. The Morgan fingerprint density at radius 2 is 1.82 bits per heavy atom. The van der Waals surface area contributed by atoms with Crippen molar-refractivity contribution in [2.75, 3.05) is 19.0 Å². The standard InChI is InChI=1S/C22H23N3O3/c1-3-28-21-7-5-4-6-19(21)25-17-10-13-20(23-15-17)22(26)24-14-16-8-11-18(27-2)12-9-16/h4-13,15,25H,3,14H2,1-2H3,(H,24,26). The summed E-state index contributed by atoms with van der Waals surface area (Å²) in [7, 11) is 1.62. The summed E-state index contributed by atoms with van der Waals surface area (Å²) in [4.78, 5) is 16.6. The number of methoxy groups -OCH3 is 1. The lowest BCUT2D eigenvalue weighted by atomic mass is 10.2. The highest BCUT2D eigenvalue weighted by Crippen LogP contribution is 2.27. The van der Waals surface area contributed by atoms with Crippen LogP contribution in [-0.2, 0) is 6.54 Å². The number of amides is 1. The molecule has 1 amide bonds. The molecule has 3 aromatic rings. The molecule has 0 fully saturated rings. The maximum absolute atomic E-state index is 12.3. The summed E-state index contributed by atoms with van der Waals surface area (Å²) in [5.41, 5.74) is 2.97. The van der Waals surface area contributed by atoms with Crippen molar-refractivity contribution in [3.63, 3.8) is 0 Å². The number of anilines is 2. The Labute approximate surface area is 164 Å². The molecule has 144 valence electrons. The summed E-state index contributed by atoms with van der Waals surface area (Å²) in [6.45, 7) is 2.95. The summed E-state index contributed by atoms with van der Waals surface area (Å²) in [5, 5.41) is 6.13. The van der Waals surface area contributed by atoms with Crippen molar-refractivity contribution in [1.29, 1.82) is 0 Å². The van der Waals surface area contributed by atoms with Crippen LogP contribution in [0.4, 0.5) is 11.4 Å². The van der Waals surface area contributed by atoms with E-state index in [-0.39, 0.29) is 5.91 Å². The lowest BCUT2D eigenvalue weighted by molar-refractivity contribution is 0.0946. The molecule has 2 aromatic carbocycles. The minimum absolute atomic E-state index is 0.225. The van der Waals surface area contributed by atoms with Gasteiger partial charge in [0.1, 0.15) is 17.2 Å². The number of carbonyl (C=O) groups is 1. The molecule has 0 saturated heterocycles. The van der Waals surface area contributed by atoms with Gasteiger partial charge >= 0.3 is 0 Å². The van der Waals surface area contributed by atoms with Crippen LogP contribution in [0.3, 0.4) is 0 Å². The molecule has 0 saturated carbocycles. The molecular weight excluding hydrogens is 354 g/mol. The molecule has 1 heterocycles. The van der Waals surface area contributed by atoms with Gasteiger partial charge in [0.25, 0.3) is 5.91 Å². The van der Waals surface area contributed by atoms with Gasteiger partial charge in [0.15, 0.2) is 0 Å². The quantitative estimate of drug-likeness (QED) is 0.617. The Bertz CT molecular complexity index is 909. The number of hydrogen-bond acceptors (Lipinski definition) is 5. The van der Waals surface area contributed by atoms with Gasteiger partial charge in [0.2, 0.25) is 0 Å². The van der Waals surface area contributed by atoms with E-state index in [9.17, 15) is 4.79 Å². The second-order valence-electron chi connectivity index (χ2n) is 6.02. The summed E-state index contributed by atoms with van der Waals surface area (Å²) >= 11 is 0. The molecule has 6 heteroatoms. The van der Waals surface area contributed by atoms with Crippen molar-refractivity contribution in [2.24, 2.45) is 0 Å². The van der Waals surface area contributed by atoms with E-state index in [2.05, 4.69) is 15.6 Å². The molecule has 0 aliphatic heterocycles. The van der Waals surface area contributed by atoms with E-state index in [0.29, 0.717) is 18.8 Å². The Morgan fingerprint density at radius 1 is 1.04 bits per heavy atom. The van der Waals surface area contributed by atoms with Crippen molar-refractivity contribution in [3.8, 4) is 11.5 Å². The first kappa shape index (κ1) is 19.2. The number of carbonyl (C=O) groups excluding carboxylic acids is 1.